The lowest BCUT2D eigenvalue weighted by Gasteiger charge is -2.27. The van der Waals surface area contributed by atoms with Crippen LogP contribution in [0.15, 0.2) is 27.9 Å². The molecule has 1 saturated heterocycles. The maximum atomic E-state index is 4.75. The molecule has 2 aromatic heterocycles. The van der Waals surface area contributed by atoms with E-state index in [1.165, 1.54) is 35.8 Å². The number of nitrogens with zero attached hydrogens (tertiary/aromatic N) is 3. The van der Waals surface area contributed by atoms with Crippen molar-refractivity contribution >= 4 is 28.6 Å². The molecule has 0 spiro atoms. The quantitative estimate of drug-likeness (QED) is 0.563. The van der Waals surface area contributed by atoms with Crippen LogP contribution in [-0.4, -0.2) is 42.5 Å². The molecule has 1 fully saturated rings. The predicted molar refractivity (Wildman–Crippen MR) is 117 cm³/mol. The summed E-state index contributed by atoms with van der Waals surface area (Å²) in [5, 5.41) is 12.4. The molecule has 0 radical (unpaired) electrons. The van der Waals surface area contributed by atoms with Crippen LogP contribution in [0.1, 0.15) is 55.2 Å². The summed E-state index contributed by atoms with van der Waals surface area (Å²) in [4.78, 5) is 13.2. The van der Waals surface area contributed by atoms with Crippen molar-refractivity contribution in [2.45, 2.75) is 51.6 Å². The number of rotatable bonds is 6. The summed E-state index contributed by atoms with van der Waals surface area (Å²) < 4.78 is 0. The molecule has 0 bridgehead atoms. The molecule has 0 aromatic carbocycles. The first-order chi connectivity index (χ1) is 13.0. The van der Waals surface area contributed by atoms with Crippen molar-refractivity contribution in [2.24, 2.45) is 4.99 Å². The van der Waals surface area contributed by atoms with Gasteiger partial charge in [0.15, 0.2) is 5.96 Å². The third kappa shape index (κ3) is 5.53. The van der Waals surface area contributed by atoms with Crippen molar-refractivity contribution in [3.05, 3.63) is 38.5 Å². The van der Waals surface area contributed by atoms with Crippen LogP contribution in [0.4, 0.5) is 0 Å². The average molecular weight is 406 g/mol. The highest BCUT2D eigenvalue weighted by Gasteiger charge is 2.24. The summed E-state index contributed by atoms with van der Waals surface area (Å²) in [5.41, 5.74) is 1.18. The zero-order valence-corrected chi connectivity index (χ0v) is 18.4. The van der Waals surface area contributed by atoms with E-state index in [0.717, 1.165) is 18.2 Å². The molecule has 0 amide bonds. The summed E-state index contributed by atoms with van der Waals surface area (Å²) in [6.45, 7) is 10.5. The first kappa shape index (κ1) is 20.3. The molecular formula is C20H31N5S2. The highest BCUT2D eigenvalue weighted by Crippen LogP contribution is 2.28. The van der Waals surface area contributed by atoms with Crippen molar-refractivity contribution in [1.82, 2.24) is 20.5 Å². The number of thiophene rings is 1. The lowest BCUT2D eigenvalue weighted by atomic mass is 9.98. The van der Waals surface area contributed by atoms with E-state index in [1.54, 1.807) is 11.3 Å². The standard InChI is InChI=1S/C20H31N5S2/c1-20(2,3)18-24-15(14-27-18)12-22-19(21-4)23-13-16(17-8-7-11-26-17)25-9-5-6-10-25/h7-8,11,14,16H,5-6,9-10,12-13H2,1-4H3,(H2,21,22,23). The van der Waals surface area contributed by atoms with Crippen LogP contribution < -0.4 is 10.6 Å². The normalized spacial score (nSPS) is 17.3. The van der Waals surface area contributed by atoms with E-state index in [2.05, 4.69) is 64.2 Å². The molecule has 1 atom stereocenters. The van der Waals surface area contributed by atoms with Gasteiger partial charge in [0.1, 0.15) is 0 Å². The largest absolute Gasteiger partial charge is 0.354 e. The molecule has 7 heteroatoms. The first-order valence-corrected chi connectivity index (χ1v) is 11.4. The molecule has 148 valence electrons. The number of aliphatic imine (C=N–C) groups is 1. The van der Waals surface area contributed by atoms with Gasteiger partial charge in [-0.05, 0) is 37.4 Å². The maximum Gasteiger partial charge on any atom is 0.191 e. The molecule has 1 aliphatic heterocycles. The van der Waals surface area contributed by atoms with Crippen LogP contribution >= 0.6 is 22.7 Å². The predicted octanol–water partition coefficient (Wildman–Crippen LogP) is 4.00. The van der Waals surface area contributed by atoms with Gasteiger partial charge in [0.25, 0.3) is 0 Å². The second-order valence-electron chi connectivity index (χ2n) is 7.97. The minimum Gasteiger partial charge on any atom is -0.354 e. The van der Waals surface area contributed by atoms with Gasteiger partial charge < -0.3 is 10.6 Å². The van der Waals surface area contributed by atoms with E-state index in [4.69, 9.17) is 4.98 Å². The molecule has 1 unspecified atom stereocenters. The van der Waals surface area contributed by atoms with Crippen LogP contribution in [0, 0.1) is 0 Å². The van der Waals surface area contributed by atoms with Crippen molar-refractivity contribution in [3.8, 4) is 0 Å². The number of aromatic nitrogens is 1. The van der Waals surface area contributed by atoms with Crippen LogP contribution in [0.5, 0.6) is 0 Å². The second-order valence-corrected chi connectivity index (χ2v) is 9.81. The van der Waals surface area contributed by atoms with Gasteiger partial charge in [-0.25, -0.2) is 4.98 Å². The van der Waals surface area contributed by atoms with E-state index >= 15 is 0 Å². The number of nitrogens with one attached hydrogen (secondary N) is 2. The summed E-state index contributed by atoms with van der Waals surface area (Å²) in [6.07, 6.45) is 2.60. The minimum absolute atomic E-state index is 0.104. The van der Waals surface area contributed by atoms with Crippen molar-refractivity contribution in [1.29, 1.82) is 0 Å². The van der Waals surface area contributed by atoms with Gasteiger partial charge in [0.2, 0.25) is 0 Å². The van der Waals surface area contributed by atoms with Gasteiger partial charge in [-0.15, -0.1) is 22.7 Å². The smallest absolute Gasteiger partial charge is 0.191 e. The average Bonchev–Trinajstić information content (AvgIpc) is 3.40. The molecule has 0 saturated carbocycles. The Labute approximate surface area is 170 Å². The molecule has 2 N–H and O–H groups in total. The number of thiazole rings is 1. The SMILES string of the molecule is CN=C(NCc1csc(C(C)(C)C)n1)NCC(c1cccs1)N1CCCC1. The van der Waals surface area contributed by atoms with Crippen LogP contribution in [-0.2, 0) is 12.0 Å². The van der Waals surface area contributed by atoms with Crippen molar-refractivity contribution < 1.29 is 0 Å². The monoisotopic (exact) mass is 405 g/mol. The molecule has 5 nitrogen and oxygen atoms in total. The molecule has 3 heterocycles. The Balaban J connectivity index is 1.55. The lowest BCUT2D eigenvalue weighted by molar-refractivity contribution is 0.249. The molecular weight excluding hydrogens is 374 g/mol. The van der Waals surface area contributed by atoms with E-state index < -0.39 is 0 Å². The highest BCUT2D eigenvalue weighted by atomic mass is 32.1. The third-order valence-corrected chi connectivity index (χ3v) is 7.06. The fraction of sp³-hybridized carbons (Fsp3) is 0.600. The lowest BCUT2D eigenvalue weighted by Crippen LogP contribution is -2.42. The van der Waals surface area contributed by atoms with E-state index in [1.807, 2.05) is 18.4 Å². The Hall–Kier alpha value is -1.44. The van der Waals surface area contributed by atoms with Crippen LogP contribution in [0.2, 0.25) is 0 Å². The number of likely N-dealkylation sites (tertiary alicyclic amines) is 1. The Bertz CT molecular complexity index is 724. The Morgan fingerprint density at radius 1 is 1.26 bits per heavy atom. The first-order valence-electron chi connectivity index (χ1n) is 9.64. The molecule has 27 heavy (non-hydrogen) atoms. The van der Waals surface area contributed by atoms with Crippen LogP contribution in [0.25, 0.3) is 0 Å². The van der Waals surface area contributed by atoms with Gasteiger partial charge in [-0.1, -0.05) is 26.8 Å². The van der Waals surface area contributed by atoms with Crippen LogP contribution in [0.3, 0.4) is 0 Å². The van der Waals surface area contributed by atoms with Gasteiger partial charge in [-0.3, -0.25) is 9.89 Å². The zero-order chi connectivity index (χ0) is 19.3. The van der Waals surface area contributed by atoms with E-state index in [-0.39, 0.29) is 5.41 Å². The maximum absolute atomic E-state index is 4.75. The van der Waals surface area contributed by atoms with Crippen molar-refractivity contribution in [3.63, 3.8) is 0 Å². The topological polar surface area (TPSA) is 52.6 Å². The number of guanidine groups is 1. The fourth-order valence-electron chi connectivity index (χ4n) is 3.26. The van der Waals surface area contributed by atoms with Gasteiger partial charge >= 0.3 is 0 Å². The Morgan fingerprint density at radius 3 is 2.63 bits per heavy atom. The summed E-state index contributed by atoms with van der Waals surface area (Å²) in [7, 11) is 1.83. The number of hydrogen-bond acceptors (Lipinski definition) is 5. The minimum atomic E-state index is 0.104. The van der Waals surface area contributed by atoms with Gasteiger partial charge in [0, 0.05) is 29.3 Å². The Morgan fingerprint density at radius 2 is 2.04 bits per heavy atom. The number of hydrogen-bond donors (Lipinski definition) is 2. The summed E-state index contributed by atoms with van der Waals surface area (Å²) in [5.74, 6) is 0.834. The highest BCUT2D eigenvalue weighted by molar-refractivity contribution is 7.10. The van der Waals surface area contributed by atoms with Gasteiger partial charge in [0.05, 0.1) is 23.3 Å². The molecule has 2 aromatic rings. The Kier molecular flexibility index (Phi) is 6.89. The van der Waals surface area contributed by atoms with Gasteiger partial charge in [-0.2, -0.15) is 0 Å². The third-order valence-electron chi connectivity index (χ3n) is 4.77. The van der Waals surface area contributed by atoms with E-state index in [9.17, 15) is 0 Å². The molecule has 1 aliphatic rings. The van der Waals surface area contributed by atoms with Crippen molar-refractivity contribution in [2.75, 3.05) is 26.7 Å². The summed E-state index contributed by atoms with van der Waals surface area (Å²) in [6, 6.07) is 4.80. The second kappa shape index (κ2) is 9.17. The van der Waals surface area contributed by atoms with E-state index in [0.29, 0.717) is 12.6 Å². The molecule has 3 rings (SSSR count). The zero-order valence-electron chi connectivity index (χ0n) is 16.8. The summed E-state index contributed by atoms with van der Waals surface area (Å²) >= 11 is 3.57. The molecule has 0 aliphatic carbocycles. The fourth-order valence-corrected chi connectivity index (χ4v) is 5.03.